The summed E-state index contributed by atoms with van der Waals surface area (Å²) < 4.78 is 42.5. The lowest BCUT2D eigenvalue weighted by molar-refractivity contribution is -0.385. The van der Waals surface area contributed by atoms with Crippen molar-refractivity contribution in [2.45, 2.75) is 18.4 Å². The largest absolute Gasteiger partial charge is 0.493 e. The van der Waals surface area contributed by atoms with Gasteiger partial charge in [-0.2, -0.15) is 9.29 Å². The van der Waals surface area contributed by atoms with E-state index in [1.807, 2.05) is 0 Å². The molecule has 12 heteroatoms. The van der Waals surface area contributed by atoms with Gasteiger partial charge in [-0.1, -0.05) is 11.2 Å². The summed E-state index contributed by atoms with van der Waals surface area (Å²) in [5.74, 6) is 1.31. The van der Waals surface area contributed by atoms with Gasteiger partial charge >= 0.3 is 0 Å². The van der Waals surface area contributed by atoms with E-state index in [0.717, 1.165) is 10.4 Å². The molecule has 1 heterocycles. The first kappa shape index (κ1) is 22.2. The minimum atomic E-state index is -4.03. The first-order chi connectivity index (χ1) is 14.7. The highest BCUT2D eigenvalue weighted by molar-refractivity contribution is 7.89. The van der Waals surface area contributed by atoms with Gasteiger partial charge in [0.25, 0.3) is 5.69 Å². The van der Waals surface area contributed by atoms with Crippen LogP contribution in [0.5, 0.6) is 11.5 Å². The molecule has 3 aromatic rings. The van der Waals surface area contributed by atoms with E-state index >= 15 is 0 Å². The van der Waals surface area contributed by atoms with Crippen molar-refractivity contribution in [1.29, 1.82) is 0 Å². The molecule has 2 aromatic carbocycles. The van der Waals surface area contributed by atoms with E-state index in [9.17, 15) is 18.5 Å². The number of rotatable bonds is 8. The van der Waals surface area contributed by atoms with E-state index < -0.39 is 14.9 Å². The molecule has 164 valence electrons. The van der Waals surface area contributed by atoms with Crippen molar-refractivity contribution in [3.63, 3.8) is 0 Å². The van der Waals surface area contributed by atoms with Gasteiger partial charge in [0.1, 0.15) is 0 Å². The zero-order valence-electron chi connectivity index (χ0n) is 17.2. The number of nitro groups is 1. The van der Waals surface area contributed by atoms with Crippen LogP contribution in [0.2, 0.25) is 0 Å². The molecule has 0 aliphatic rings. The van der Waals surface area contributed by atoms with Crippen LogP contribution in [0.3, 0.4) is 0 Å². The number of hydrogen-bond donors (Lipinski definition) is 0. The minimum absolute atomic E-state index is 0.0546. The molecule has 0 amide bonds. The summed E-state index contributed by atoms with van der Waals surface area (Å²) in [5, 5.41) is 14.9. The number of aryl methyl sites for hydroxylation is 1. The van der Waals surface area contributed by atoms with Crippen LogP contribution in [0.25, 0.3) is 11.4 Å². The van der Waals surface area contributed by atoms with Gasteiger partial charge in [-0.3, -0.25) is 10.1 Å². The van der Waals surface area contributed by atoms with Crippen molar-refractivity contribution < 1.29 is 27.3 Å². The fraction of sp³-hybridized carbons (Fsp3) is 0.263. The molecule has 31 heavy (non-hydrogen) atoms. The van der Waals surface area contributed by atoms with Crippen LogP contribution in [-0.4, -0.2) is 49.1 Å². The number of non-ortho nitro benzene ring substituents is 1. The molecule has 0 atom stereocenters. The van der Waals surface area contributed by atoms with Crippen LogP contribution in [-0.2, 0) is 16.6 Å². The first-order valence-corrected chi connectivity index (χ1v) is 10.4. The van der Waals surface area contributed by atoms with Crippen molar-refractivity contribution in [3.05, 3.63) is 58.0 Å². The van der Waals surface area contributed by atoms with Gasteiger partial charge in [0.05, 0.1) is 30.6 Å². The Morgan fingerprint density at radius 2 is 1.84 bits per heavy atom. The zero-order chi connectivity index (χ0) is 22.8. The Morgan fingerprint density at radius 1 is 1.13 bits per heavy atom. The summed E-state index contributed by atoms with van der Waals surface area (Å²) in [6.07, 6.45) is 0. The Kier molecular flexibility index (Phi) is 6.22. The molecule has 0 saturated carbocycles. The fourth-order valence-corrected chi connectivity index (χ4v) is 4.20. The third-order valence-corrected chi connectivity index (χ3v) is 6.48. The van der Waals surface area contributed by atoms with Crippen molar-refractivity contribution >= 4 is 15.7 Å². The summed E-state index contributed by atoms with van der Waals surface area (Å²) in [6, 6.07) is 8.74. The average molecular weight is 448 g/mol. The number of methoxy groups -OCH3 is 2. The number of ether oxygens (including phenoxy) is 2. The third-order valence-electron chi connectivity index (χ3n) is 4.54. The molecule has 0 spiro atoms. The number of benzene rings is 2. The first-order valence-electron chi connectivity index (χ1n) is 8.93. The SMILES string of the molecule is COc1ccc(-c2noc(CN(C)S(=O)(=O)c3cc([N+](=O)[O-])ccc3C)n2)cc1OC. The maximum atomic E-state index is 12.9. The highest BCUT2D eigenvalue weighted by atomic mass is 32.2. The van der Waals surface area contributed by atoms with Crippen LogP contribution in [0.15, 0.2) is 45.8 Å². The lowest BCUT2D eigenvalue weighted by atomic mass is 10.2. The topological polar surface area (TPSA) is 138 Å². The van der Waals surface area contributed by atoms with Crippen LogP contribution >= 0.6 is 0 Å². The van der Waals surface area contributed by atoms with Gasteiger partial charge in [-0.25, -0.2) is 8.42 Å². The fourth-order valence-electron chi connectivity index (χ4n) is 2.84. The van der Waals surface area contributed by atoms with Gasteiger partial charge in [0, 0.05) is 24.7 Å². The minimum Gasteiger partial charge on any atom is -0.493 e. The normalized spacial score (nSPS) is 11.5. The Bertz CT molecular complexity index is 1220. The molecule has 0 fully saturated rings. The molecular weight excluding hydrogens is 428 g/mol. The van der Waals surface area contributed by atoms with E-state index in [0.29, 0.717) is 22.6 Å². The predicted octanol–water partition coefficient (Wildman–Crippen LogP) is 2.79. The standard InChI is InChI=1S/C19H20N4O7S/c1-12-5-7-14(23(24)25)10-17(12)31(26,27)22(2)11-18-20-19(21-30-18)13-6-8-15(28-3)16(9-13)29-4/h5-10H,11H2,1-4H3. The molecule has 0 radical (unpaired) electrons. The molecule has 0 aliphatic heterocycles. The molecule has 0 saturated heterocycles. The van der Waals surface area contributed by atoms with Crippen molar-refractivity contribution in [3.8, 4) is 22.9 Å². The molecule has 11 nitrogen and oxygen atoms in total. The van der Waals surface area contributed by atoms with Crippen molar-refractivity contribution in [2.24, 2.45) is 0 Å². The van der Waals surface area contributed by atoms with Gasteiger partial charge in [0.15, 0.2) is 11.5 Å². The second-order valence-corrected chi connectivity index (χ2v) is 8.56. The summed E-state index contributed by atoms with van der Waals surface area (Å²) in [7, 11) is 0.309. The third kappa shape index (κ3) is 4.49. The zero-order valence-corrected chi connectivity index (χ0v) is 18.0. The molecule has 1 aromatic heterocycles. The Hall–Kier alpha value is -3.51. The molecule has 0 bridgehead atoms. The number of aromatic nitrogens is 2. The maximum absolute atomic E-state index is 12.9. The smallest absolute Gasteiger partial charge is 0.270 e. The summed E-state index contributed by atoms with van der Waals surface area (Å²) in [6.45, 7) is 1.34. The van der Waals surface area contributed by atoms with E-state index in [-0.39, 0.29) is 28.8 Å². The second-order valence-electron chi connectivity index (χ2n) is 6.55. The maximum Gasteiger partial charge on any atom is 0.270 e. The lowest BCUT2D eigenvalue weighted by Gasteiger charge is -2.16. The monoisotopic (exact) mass is 448 g/mol. The molecule has 3 rings (SSSR count). The lowest BCUT2D eigenvalue weighted by Crippen LogP contribution is -2.27. The van der Waals surface area contributed by atoms with E-state index in [1.54, 1.807) is 25.1 Å². The van der Waals surface area contributed by atoms with Crippen molar-refractivity contribution in [2.75, 3.05) is 21.3 Å². The summed E-state index contributed by atoms with van der Waals surface area (Å²) in [5.41, 5.74) is 0.660. The average Bonchev–Trinajstić information content (AvgIpc) is 3.21. The van der Waals surface area contributed by atoms with Gasteiger partial charge in [-0.05, 0) is 30.7 Å². The predicted molar refractivity (Wildman–Crippen MR) is 109 cm³/mol. The van der Waals surface area contributed by atoms with Crippen LogP contribution in [0.4, 0.5) is 5.69 Å². The highest BCUT2D eigenvalue weighted by Gasteiger charge is 2.27. The van der Waals surface area contributed by atoms with E-state index in [4.69, 9.17) is 14.0 Å². The van der Waals surface area contributed by atoms with Gasteiger partial charge < -0.3 is 14.0 Å². The highest BCUT2D eigenvalue weighted by Crippen LogP contribution is 2.31. The quantitative estimate of drug-likeness (QED) is 0.376. The van der Waals surface area contributed by atoms with Crippen LogP contribution in [0, 0.1) is 17.0 Å². The van der Waals surface area contributed by atoms with E-state index in [2.05, 4.69) is 10.1 Å². The Labute approximate surface area is 178 Å². The summed E-state index contributed by atoms with van der Waals surface area (Å²) >= 11 is 0. The molecule has 0 unspecified atom stereocenters. The Morgan fingerprint density at radius 3 is 2.48 bits per heavy atom. The Balaban J connectivity index is 1.85. The molecular formula is C19H20N4O7S. The van der Waals surface area contributed by atoms with Crippen LogP contribution < -0.4 is 9.47 Å². The van der Waals surface area contributed by atoms with Crippen LogP contribution in [0.1, 0.15) is 11.5 Å². The number of sulfonamides is 1. The molecule has 0 N–H and O–H groups in total. The molecule has 0 aliphatic carbocycles. The number of nitrogens with zero attached hydrogens (tertiary/aromatic N) is 4. The summed E-state index contributed by atoms with van der Waals surface area (Å²) in [4.78, 5) is 14.5. The number of nitro benzene ring substituents is 1. The second kappa shape index (κ2) is 8.70. The van der Waals surface area contributed by atoms with Gasteiger partial charge in [0.2, 0.25) is 21.7 Å². The van der Waals surface area contributed by atoms with Gasteiger partial charge in [-0.15, -0.1) is 0 Å². The van der Waals surface area contributed by atoms with E-state index in [1.165, 1.54) is 33.4 Å². The number of hydrogen-bond acceptors (Lipinski definition) is 9. The van der Waals surface area contributed by atoms with Crippen molar-refractivity contribution in [1.82, 2.24) is 14.4 Å².